The van der Waals surface area contributed by atoms with Crippen molar-refractivity contribution in [2.75, 3.05) is 81.4 Å². The number of methoxy groups -OCH3 is 5. The average Bonchev–Trinajstić information content (AvgIpc) is 3.72. The summed E-state index contributed by atoms with van der Waals surface area (Å²) in [4.78, 5) is 42.7. The van der Waals surface area contributed by atoms with E-state index in [2.05, 4.69) is 15.6 Å². The van der Waals surface area contributed by atoms with E-state index in [-0.39, 0.29) is 17.6 Å². The minimum Gasteiger partial charge on any atom is -0.493 e. The van der Waals surface area contributed by atoms with Gasteiger partial charge in [0.2, 0.25) is 11.7 Å². The Morgan fingerprint density at radius 1 is 0.800 bits per heavy atom. The predicted molar refractivity (Wildman–Crippen MR) is 207 cm³/mol. The van der Waals surface area contributed by atoms with Crippen LogP contribution in [0.3, 0.4) is 0 Å². The smallest absolute Gasteiger partial charge is 0.306 e. The molecular formula is C42H54N4O9. The SMILES string of the molecule is COc1cc(C(=O)c2cc(OC)c(OC)c(OC)c2)c(C2(CCN3CCC(C(=O)NN4CCC(C(=O)O)CC4)(c4ccccc4)CC3)CCNC2)cc1OC. The molecule has 296 valence electrons. The van der Waals surface area contributed by atoms with Crippen LogP contribution < -0.4 is 34.4 Å². The highest BCUT2D eigenvalue weighted by molar-refractivity contribution is 6.11. The van der Waals surface area contributed by atoms with Crippen molar-refractivity contribution in [1.82, 2.24) is 20.7 Å². The third-order valence-electron chi connectivity index (χ3n) is 12.0. The van der Waals surface area contributed by atoms with E-state index in [0.717, 1.165) is 50.1 Å². The predicted octanol–water partition coefficient (Wildman–Crippen LogP) is 4.44. The highest BCUT2D eigenvalue weighted by Gasteiger charge is 2.45. The van der Waals surface area contributed by atoms with Crippen molar-refractivity contribution in [2.45, 2.75) is 49.4 Å². The topological polar surface area (TPSA) is 148 Å². The zero-order valence-electron chi connectivity index (χ0n) is 32.6. The lowest BCUT2D eigenvalue weighted by Gasteiger charge is -2.43. The summed E-state index contributed by atoms with van der Waals surface area (Å²) < 4.78 is 28.2. The van der Waals surface area contributed by atoms with E-state index in [1.165, 1.54) is 21.3 Å². The summed E-state index contributed by atoms with van der Waals surface area (Å²) in [5.74, 6) is 0.794. The van der Waals surface area contributed by atoms with Gasteiger partial charge in [-0.2, -0.15) is 0 Å². The number of ketones is 1. The molecule has 3 aliphatic rings. The van der Waals surface area contributed by atoms with E-state index in [9.17, 15) is 19.5 Å². The molecule has 0 bridgehead atoms. The molecule has 6 rings (SSSR count). The number of hydrazine groups is 1. The zero-order valence-corrected chi connectivity index (χ0v) is 32.6. The normalized spacial score (nSPS) is 20.4. The second-order valence-corrected chi connectivity index (χ2v) is 14.8. The van der Waals surface area contributed by atoms with Gasteiger partial charge >= 0.3 is 5.97 Å². The number of benzene rings is 3. The number of aliphatic carboxylic acids is 1. The second-order valence-electron chi connectivity index (χ2n) is 14.8. The van der Waals surface area contributed by atoms with Crippen LogP contribution in [-0.4, -0.2) is 114 Å². The molecule has 1 amide bonds. The first-order chi connectivity index (χ1) is 26.6. The number of nitrogens with zero attached hydrogens (tertiary/aromatic N) is 2. The molecule has 3 aliphatic heterocycles. The van der Waals surface area contributed by atoms with Gasteiger partial charge in [-0.15, -0.1) is 0 Å². The summed E-state index contributed by atoms with van der Waals surface area (Å²) in [7, 11) is 7.74. The first-order valence-electron chi connectivity index (χ1n) is 19.0. The molecule has 1 atom stereocenters. The number of nitrogens with one attached hydrogen (secondary N) is 2. The lowest BCUT2D eigenvalue weighted by atomic mass is 9.71. The molecule has 3 saturated heterocycles. The van der Waals surface area contributed by atoms with E-state index in [1.54, 1.807) is 32.4 Å². The van der Waals surface area contributed by atoms with Gasteiger partial charge in [-0.05, 0) is 100 Å². The maximum Gasteiger partial charge on any atom is 0.306 e. The summed E-state index contributed by atoms with van der Waals surface area (Å²) in [6.45, 7) is 4.70. The lowest BCUT2D eigenvalue weighted by Crippen LogP contribution is -2.57. The van der Waals surface area contributed by atoms with Crippen LogP contribution in [0.2, 0.25) is 0 Å². The van der Waals surface area contributed by atoms with E-state index >= 15 is 0 Å². The third kappa shape index (κ3) is 8.10. The molecule has 13 heteroatoms. The van der Waals surface area contributed by atoms with Gasteiger partial charge < -0.3 is 39.0 Å². The second kappa shape index (κ2) is 17.3. The molecule has 0 aliphatic carbocycles. The van der Waals surface area contributed by atoms with Gasteiger partial charge in [0.1, 0.15) is 0 Å². The van der Waals surface area contributed by atoms with Gasteiger partial charge in [0.15, 0.2) is 28.8 Å². The Labute approximate surface area is 323 Å². The van der Waals surface area contributed by atoms with Crippen LogP contribution in [0.1, 0.15) is 65.6 Å². The Morgan fingerprint density at radius 3 is 1.96 bits per heavy atom. The van der Waals surface area contributed by atoms with Crippen LogP contribution >= 0.6 is 0 Å². The van der Waals surface area contributed by atoms with Crippen LogP contribution in [-0.2, 0) is 20.4 Å². The molecule has 55 heavy (non-hydrogen) atoms. The number of amides is 1. The van der Waals surface area contributed by atoms with Gasteiger partial charge in [0.25, 0.3) is 0 Å². The van der Waals surface area contributed by atoms with Gasteiger partial charge in [-0.25, -0.2) is 5.01 Å². The van der Waals surface area contributed by atoms with E-state index < -0.39 is 16.8 Å². The first kappa shape index (κ1) is 39.8. The van der Waals surface area contributed by atoms with Crippen LogP contribution in [0.15, 0.2) is 54.6 Å². The van der Waals surface area contributed by atoms with E-state index in [4.69, 9.17) is 23.7 Å². The van der Waals surface area contributed by atoms with Gasteiger partial charge in [-0.1, -0.05) is 30.3 Å². The Morgan fingerprint density at radius 2 is 1.42 bits per heavy atom. The van der Waals surface area contributed by atoms with Crippen LogP contribution in [0.4, 0.5) is 0 Å². The summed E-state index contributed by atoms with van der Waals surface area (Å²) in [6.07, 6.45) is 3.89. The molecule has 3 N–H and O–H groups in total. The van der Waals surface area contributed by atoms with Crippen molar-refractivity contribution < 1.29 is 43.2 Å². The molecule has 1 unspecified atom stereocenters. The van der Waals surface area contributed by atoms with Crippen molar-refractivity contribution in [2.24, 2.45) is 5.92 Å². The summed E-state index contributed by atoms with van der Waals surface area (Å²) in [5.41, 5.74) is 4.86. The lowest BCUT2D eigenvalue weighted by molar-refractivity contribution is -0.144. The molecule has 0 spiro atoms. The van der Waals surface area contributed by atoms with E-state index in [1.807, 2.05) is 41.4 Å². The molecule has 3 heterocycles. The largest absolute Gasteiger partial charge is 0.493 e. The van der Waals surface area contributed by atoms with Crippen LogP contribution in [0.5, 0.6) is 28.7 Å². The Bertz CT molecular complexity index is 1800. The third-order valence-corrected chi connectivity index (χ3v) is 12.0. The number of likely N-dealkylation sites (tertiary alicyclic amines) is 1. The van der Waals surface area contributed by atoms with Crippen LogP contribution in [0.25, 0.3) is 0 Å². The number of carboxylic acids is 1. The van der Waals surface area contributed by atoms with Crippen molar-refractivity contribution >= 4 is 17.7 Å². The van der Waals surface area contributed by atoms with E-state index in [0.29, 0.717) is 85.2 Å². The fourth-order valence-corrected chi connectivity index (χ4v) is 8.62. The van der Waals surface area contributed by atoms with Crippen LogP contribution in [0, 0.1) is 5.92 Å². The molecule has 0 aromatic heterocycles. The number of rotatable bonds is 15. The minimum absolute atomic E-state index is 0.0381. The maximum atomic E-state index is 14.6. The number of piperidine rings is 2. The van der Waals surface area contributed by atoms with Gasteiger partial charge in [0, 0.05) is 36.2 Å². The number of carbonyl (C=O) groups excluding carboxylic acids is 2. The molecular weight excluding hydrogens is 704 g/mol. The Hall–Kier alpha value is -4.85. The maximum absolute atomic E-state index is 14.6. The van der Waals surface area contributed by atoms with Crippen molar-refractivity contribution in [3.8, 4) is 28.7 Å². The molecule has 3 aromatic carbocycles. The summed E-state index contributed by atoms with van der Waals surface area (Å²) in [5, 5.41) is 14.9. The number of carboxylic acid groups (broad SMARTS) is 1. The molecule has 13 nitrogen and oxygen atoms in total. The average molecular weight is 759 g/mol. The fraction of sp³-hybridized carbons (Fsp3) is 0.500. The first-order valence-corrected chi connectivity index (χ1v) is 19.0. The van der Waals surface area contributed by atoms with Gasteiger partial charge in [0.05, 0.1) is 46.9 Å². The minimum atomic E-state index is -0.776. The standard InChI is InChI=1S/C42H54N4O9/c1-51-33-25-31(37(47)29-23-35(53-3)38(55-5)36(24-29)54-4)32(26-34(33)52-2)41(13-17-43-27-41)14-20-45-21-15-42(16-22-45,30-9-7-6-8-10-30)40(50)44-46-18-11-28(12-19-46)39(48)49/h6-10,23-26,28,43H,11-22,27H2,1-5H3,(H,44,50)(H,48,49). The Kier molecular flexibility index (Phi) is 12.5. The fourth-order valence-electron chi connectivity index (χ4n) is 8.62. The molecule has 0 saturated carbocycles. The molecule has 0 radical (unpaired) electrons. The number of hydrogen-bond acceptors (Lipinski definition) is 11. The van der Waals surface area contributed by atoms with Crippen molar-refractivity contribution in [3.63, 3.8) is 0 Å². The van der Waals surface area contributed by atoms with Crippen molar-refractivity contribution in [3.05, 3.63) is 76.9 Å². The zero-order chi connectivity index (χ0) is 39.2. The Balaban J connectivity index is 1.25. The molecule has 3 aromatic rings. The monoisotopic (exact) mass is 758 g/mol. The number of ether oxygens (including phenoxy) is 5. The summed E-state index contributed by atoms with van der Waals surface area (Å²) >= 11 is 0. The highest BCUT2D eigenvalue weighted by Crippen LogP contribution is 2.45. The van der Waals surface area contributed by atoms with Gasteiger partial charge in [-0.3, -0.25) is 19.8 Å². The quantitative estimate of drug-likeness (QED) is 0.188. The number of carbonyl (C=O) groups is 3. The molecule has 3 fully saturated rings. The highest BCUT2D eigenvalue weighted by atomic mass is 16.5. The number of hydrogen-bond donors (Lipinski definition) is 3. The van der Waals surface area contributed by atoms with Crippen molar-refractivity contribution in [1.29, 1.82) is 0 Å². The summed E-state index contributed by atoms with van der Waals surface area (Å²) in [6, 6.07) is 17.1.